The molecule has 0 fully saturated rings. The van der Waals surface area contributed by atoms with E-state index in [2.05, 4.69) is 10.0 Å². The van der Waals surface area contributed by atoms with Gasteiger partial charge in [-0.2, -0.15) is 0 Å². The lowest BCUT2D eigenvalue weighted by Gasteiger charge is -2.09. The Morgan fingerprint density at radius 2 is 1.45 bits per heavy atom. The van der Waals surface area contributed by atoms with Gasteiger partial charge in [-0.1, -0.05) is 42.5 Å². The number of ketones is 1. The number of phenolic OH excluding ortho intramolecular Hbond substituents is 1. The van der Waals surface area contributed by atoms with Crippen LogP contribution in [0, 0.1) is 0 Å². The van der Waals surface area contributed by atoms with Gasteiger partial charge in [0.2, 0.25) is 10.0 Å². The Balaban J connectivity index is 1.58. The van der Waals surface area contributed by atoms with Gasteiger partial charge in [-0.3, -0.25) is 9.59 Å². The summed E-state index contributed by atoms with van der Waals surface area (Å²) in [6.45, 7) is 1.66. The second kappa shape index (κ2) is 9.55. The van der Waals surface area contributed by atoms with Crippen LogP contribution in [0.5, 0.6) is 5.75 Å². The summed E-state index contributed by atoms with van der Waals surface area (Å²) in [5, 5.41) is 12.5. The number of aromatic hydroxyl groups is 1. The lowest BCUT2D eigenvalue weighted by Crippen LogP contribution is -2.24. The first-order valence-electron chi connectivity index (χ1n) is 9.51. The van der Waals surface area contributed by atoms with E-state index in [4.69, 9.17) is 0 Å². The molecule has 31 heavy (non-hydrogen) atoms. The number of rotatable bonds is 8. The van der Waals surface area contributed by atoms with Crippen molar-refractivity contribution in [2.24, 2.45) is 0 Å². The molecule has 8 heteroatoms. The summed E-state index contributed by atoms with van der Waals surface area (Å²) in [5.74, 6) is -0.330. The number of para-hydroxylation sites is 1. The van der Waals surface area contributed by atoms with Crippen molar-refractivity contribution >= 4 is 21.7 Å². The Morgan fingerprint density at radius 3 is 2.06 bits per heavy atom. The van der Waals surface area contributed by atoms with Crippen molar-refractivity contribution in [1.29, 1.82) is 0 Å². The molecule has 0 aromatic heterocycles. The summed E-state index contributed by atoms with van der Waals surface area (Å²) in [5.41, 5.74) is 2.15. The lowest BCUT2D eigenvalue weighted by atomic mass is 10.1. The van der Waals surface area contributed by atoms with Crippen LogP contribution in [0.3, 0.4) is 0 Å². The summed E-state index contributed by atoms with van der Waals surface area (Å²) in [4.78, 5) is 23.7. The highest BCUT2D eigenvalue weighted by Crippen LogP contribution is 2.15. The Morgan fingerprint density at radius 1 is 0.839 bits per heavy atom. The third kappa shape index (κ3) is 5.78. The Hall–Kier alpha value is -3.49. The fourth-order valence-electron chi connectivity index (χ4n) is 2.84. The number of Topliss-reactive ketones (excluding diaryl/α,β-unsaturated/α-hetero) is 1. The quantitative estimate of drug-likeness (QED) is 0.468. The normalized spacial score (nSPS) is 11.1. The van der Waals surface area contributed by atoms with Crippen LogP contribution in [0.25, 0.3) is 0 Å². The highest BCUT2D eigenvalue weighted by atomic mass is 32.2. The molecule has 0 spiro atoms. The second-order valence-electron chi connectivity index (χ2n) is 6.91. The first-order valence-corrected chi connectivity index (χ1v) is 11.0. The highest BCUT2D eigenvalue weighted by molar-refractivity contribution is 7.89. The zero-order valence-corrected chi connectivity index (χ0v) is 17.6. The van der Waals surface area contributed by atoms with Gasteiger partial charge in [-0.15, -0.1) is 0 Å². The third-order valence-electron chi connectivity index (χ3n) is 4.68. The molecule has 0 atom stereocenters. The van der Waals surface area contributed by atoms with Crippen molar-refractivity contribution in [2.45, 2.75) is 24.9 Å². The number of benzene rings is 3. The minimum absolute atomic E-state index is 0.0522. The van der Waals surface area contributed by atoms with Gasteiger partial charge in [0, 0.05) is 29.8 Å². The van der Waals surface area contributed by atoms with Crippen LogP contribution in [0.2, 0.25) is 0 Å². The van der Waals surface area contributed by atoms with Crippen molar-refractivity contribution < 1.29 is 23.1 Å². The first kappa shape index (κ1) is 22.2. The van der Waals surface area contributed by atoms with E-state index in [0.29, 0.717) is 22.3 Å². The molecule has 3 aromatic carbocycles. The maximum absolute atomic E-state index is 12.4. The smallest absolute Gasteiger partial charge is 0.251 e. The predicted molar refractivity (Wildman–Crippen MR) is 116 cm³/mol. The van der Waals surface area contributed by atoms with E-state index in [1.165, 1.54) is 31.2 Å². The van der Waals surface area contributed by atoms with E-state index in [1.807, 2.05) is 0 Å². The first-order chi connectivity index (χ1) is 14.8. The van der Waals surface area contributed by atoms with E-state index >= 15 is 0 Å². The van der Waals surface area contributed by atoms with E-state index in [9.17, 15) is 23.1 Å². The van der Waals surface area contributed by atoms with Crippen LogP contribution in [0.1, 0.15) is 38.8 Å². The van der Waals surface area contributed by atoms with Gasteiger partial charge >= 0.3 is 0 Å². The number of amides is 1. The molecule has 0 radical (unpaired) electrons. The Kier molecular flexibility index (Phi) is 6.84. The zero-order chi connectivity index (χ0) is 22.4. The van der Waals surface area contributed by atoms with Crippen LogP contribution in [-0.4, -0.2) is 25.2 Å². The van der Waals surface area contributed by atoms with E-state index in [1.54, 1.807) is 48.5 Å². The third-order valence-corrected chi connectivity index (χ3v) is 6.10. The summed E-state index contributed by atoms with van der Waals surface area (Å²) < 4.78 is 27.4. The number of sulfonamides is 1. The molecule has 0 aliphatic heterocycles. The molecule has 3 aromatic rings. The Bertz CT molecular complexity index is 1190. The van der Waals surface area contributed by atoms with Crippen LogP contribution in [-0.2, 0) is 23.1 Å². The maximum Gasteiger partial charge on any atom is 0.251 e. The van der Waals surface area contributed by atoms with Crippen molar-refractivity contribution in [3.05, 3.63) is 95.1 Å². The average Bonchev–Trinajstić information content (AvgIpc) is 2.77. The number of nitrogens with one attached hydrogen (secondary N) is 2. The van der Waals surface area contributed by atoms with Crippen molar-refractivity contribution in [2.75, 3.05) is 0 Å². The maximum atomic E-state index is 12.4. The molecule has 3 rings (SSSR count). The lowest BCUT2D eigenvalue weighted by molar-refractivity contribution is 0.0949. The molecule has 0 unspecified atom stereocenters. The van der Waals surface area contributed by atoms with Crippen LogP contribution in [0.4, 0.5) is 0 Å². The van der Waals surface area contributed by atoms with Crippen LogP contribution in [0.15, 0.2) is 77.7 Å². The van der Waals surface area contributed by atoms with Gasteiger partial charge in [-0.05, 0) is 42.8 Å². The average molecular weight is 439 g/mol. The molecule has 0 saturated heterocycles. The van der Waals surface area contributed by atoms with E-state index in [-0.39, 0.29) is 35.4 Å². The largest absolute Gasteiger partial charge is 0.508 e. The molecule has 0 heterocycles. The molecular weight excluding hydrogens is 416 g/mol. The van der Waals surface area contributed by atoms with Crippen molar-refractivity contribution in [3.8, 4) is 5.75 Å². The van der Waals surface area contributed by atoms with Crippen LogP contribution < -0.4 is 10.0 Å². The summed E-state index contributed by atoms with van der Waals surface area (Å²) in [6, 6.07) is 19.0. The second-order valence-corrected chi connectivity index (χ2v) is 8.68. The fraction of sp³-hybridized carbons (Fsp3) is 0.130. The highest BCUT2D eigenvalue weighted by Gasteiger charge is 2.14. The van der Waals surface area contributed by atoms with Gasteiger partial charge in [0.15, 0.2) is 5.78 Å². The molecule has 160 valence electrons. The van der Waals surface area contributed by atoms with Crippen LogP contribution >= 0.6 is 0 Å². The van der Waals surface area contributed by atoms with Gasteiger partial charge in [0.1, 0.15) is 5.75 Å². The Labute approximate surface area is 180 Å². The number of carbonyl (C=O) groups is 2. The molecule has 1 amide bonds. The molecule has 7 nitrogen and oxygen atoms in total. The number of hydrogen-bond acceptors (Lipinski definition) is 5. The van der Waals surface area contributed by atoms with E-state index < -0.39 is 10.0 Å². The molecule has 0 saturated carbocycles. The van der Waals surface area contributed by atoms with Gasteiger partial charge < -0.3 is 10.4 Å². The number of carbonyl (C=O) groups excluding carboxylic acids is 2. The van der Waals surface area contributed by atoms with Gasteiger partial charge in [0.25, 0.3) is 5.91 Å². The van der Waals surface area contributed by atoms with Crippen molar-refractivity contribution in [1.82, 2.24) is 10.0 Å². The fourth-order valence-corrected chi connectivity index (χ4v) is 3.86. The van der Waals surface area contributed by atoms with Gasteiger partial charge in [-0.25, -0.2) is 13.1 Å². The predicted octanol–water partition coefficient (Wildman–Crippen LogP) is 3.00. The number of phenols is 1. The monoisotopic (exact) mass is 438 g/mol. The minimum atomic E-state index is -3.73. The minimum Gasteiger partial charge on any atom is -0.508 e. The standard InChI is InChI=1S/C23H22N2O5S/c1-16(26)18-10-12-21(13-11-18)31(29,30)25-14-17-6-8-19(9-7-17)23(28)24-15-20-4-2-3-5-22(20)27/h2-13,25,27H,14-15H2,1H3,(H,24,28). The SMILES string of the molecule is CC(=O)c1ccc(S(=O)(=O)NCc2ccc(C(=O)NCc3ccccc3O)cc2)cc1. The molecule has 3 N–H and O–H groups in total. The zero-order valence-electron chi connectivity index (χ0n) is 16.8. The molecular formula is C23H22N2O5S. The van der Waals surface area contributed by atoms with E-state index in [0.717, 1.165) is 0 Å². The van der Waals surface area contributed by atoms with Crippen molar-refractivity contribution in [3.63, 3.8) is 0 Å². The van der Waals surface area contributed by atoms with Gasteiger partial charge in [0.05, 0.1) is 4.90 Å². The summed E-state index contributed by atoms with van der Waals surface area (Å²) >= 11 is 0. The molecule has 0 aliphatic carbocycles. The summed E-state index contributed by atoms with van der Waals surface area (Å²) in [7, 11) is -3.73. The number of hydrogen-bond donors (Lipinski definition) is 3. The molecule has 0 bridgehead atoms. The summed E-state index contributed by atoms with van der Waals surface area (Å²) in [6.07, 6.45) is 0. The molecule has 0 aliphatic rings. The topological polar surface area (TPSA) is 113 Å².